The molecule has 2 aliphatic heterocycles. The van der Waals surface area contributed by atoms with Gasteiger partial charge in [0.1, 0.15) is 29.1 Å². The first-order valence-corrected chi connectivity index (χ1v) is 17.9. The van der Waals surface area contributed by atoms with Gasteiger partial charge in [-0.25, -0.2) is 17.6 Å². The van der Waals surface area contributed by atoms with Crippen molar-refractivity contribution in [2.24, 2.45) is 11.8 Å². The van der Waals surface area contributed by atoms with Gasteiger partial charge in [0.05, 0.1) is 30.7 Å². The Morgan fingerprint density at radius 3 is 2.47 bits per heavy atom. The number of rotatable bonds is 12. The van der Waals surface area contributed by atoms with E-state index in [1.165, 1.54) is 21.9 Å². The van der Waals surface area contributed by atoms with E-state index in [4.69, 9.17) is 9.47 Å². The number of nitrogens with one attached hydrogen (secondary N) is 3. The van der Waals surface area contributed by atoms with Gasteiger partial charge in [0.25, 0.3) is 5.91 Å². The standard InChI is InChI=1S/C33H44FN5O9S/c1-6-21-14-33(21,30(43)37-49(45,46)23-10-11-23)36-28(41)26-13-22(47-31(44)38-16-19-8-7-9-25(34)24(19)18-38)17-39(26)29(42)20(15-35-5)12-27(40)48-32(2,3)4/h6-9,20-23,26,35H,1,10-18H2,2-5H3,(H,36,41)(H,37,43)/t20-,21+,22?,26-,33+/m0/s1. The van der Waals surface area contributed by atoms with E-state index in [2.05, 4.69) is 21.9 Å². The Bertz CT molecular complexity index is 1640. The van der Waals surface area contributed by atoms with Gasteiger partial charge in [0.2, 0.25) is 21.8 Å². The Kier molecular flexibility index (Phi) is 10.1. The van der Waals surface area contributed by atoms with Crippen LogP contribution in [0.3, 0.4) is 0 Å². The minimum atomic E-state index is -3.92. The molecule has 0 aromatic heterocycles. The van der Waals surface area contributed by atoms with E-state index in [0.717, 1.165) is 0 Å². The first kappa shape index (κ1) is 36.2. The summed E-state index contributed by atoms with van der Waals surface area (Å²) >= 11 is 0. The highest BCUT2D eigenvalue weighted by Gasteiger charge is 2.62. The molecule has 268 valence electrons. The minimum Gasteiger partial charge on any atom is -0.460 e. The Morgan fingerprint density at radius 1 is 1.16 bits per heavy atom. The van der Waals surface area contributed by atoms with Crippen molar-refractivity contribution in [3.63, 3.8) is 0 Å². The number of ether oxygens (including phenoxy) is 2. The maximum absolute atomic E-state index is 14.3. The van der Waals surface area contributed by atoms with E-state index in [1.807, 2.05) is 0 Å². The number of amides is 4. The molecule has 1 aromatic carbocycles. The van der Waals surface area contributed by atoms with Crippen LogP contribution in [0.4, 0.5) is 9.18 Å². The fourth-order valence-electron chi connectivity index (χ4n) is 6.43. The van der Waals surface area contributed by atoms with Crippen LogP contribution >= 0.6 is 0 Å². The second-order valence-corrected chi connectivity index (χ2v) is 16.2. The van der Waals surface area contributed by atoms with Gasteiger partial charge < -0.3 is 25.0 Å². The Balaban J connectivity index is 1.35. The normalized spacial score (nSPS) is 25.2. The highest BCUT2D eigenvalue weighted by molar-refractivity contribution is 7.91. The second kappa shape index (κ2) is 13.7. The molecule has 0 radical (unpaired) electrons. The van der Waals surface area contributed by atoms with Crippen molar-refractivity contribution >= 4 is 39.8 Å². The average molecular weight is 706 g/mol. The van der Waals surface area contributed by atoms with Crippen molar-refractivity contribution in [1.29, 1.82) is 0 Å². The zero-order valence-corrected chi connectivity index (χ0v) is 28.9. The molecule has 49 heavy (non-hydrogen) atoms. The summed E-state index contributed by atoms with van der Waals surface area (Å²) in [6.07, 6.45) is 0.245. The molecular formula is C33H44FN5O9S. The van der Waals surface area contributed by atoms with Gasteiger partial charge in [-0.3, -0.25) is 28.8 Å². The molecule has 5 rings (SSSR count). The molecule has 1 saturated heterocycles. The highest BCUT2D eigenvalue weighted by Crippen LogP contribution is 2.45. The van der Waals surface area contributed by atoms with Gasteiger partial charge >= 0.3 is 12.1 Å². The summed E-state index contributed by atoms with van der Waals surface area (Å²) < 4.78 is 52.8. The number of carbonyl (C=O) groups is 5. The summed E-state index contributed by atoms with van der Waals surface area (Å²) in [4.78, 5) is 69.9. The quantitative estimate of drug-likeness (QED) is 0.213. The van der Waals surface area contributed by atoms with Crippen LogP contribution in [0.1, 0.15) is 64.0 Å². The Labute approximate surface area is 285 Å². The maximum Gasteiger partial charge on any atom is 0.410 e. The number of halogens is 1. The predicted molar refractivity (Wildman–Crippen MR) is 173 cm³/mol. The molecule has 0 spiro atoms. The first-order valence-electron chi connectivity index (χ1n) is 16.4. The number of likely N-dealkylation sites (tertiary alicyclic amines) is 1. The van der Waals surface area contributed by atoms with Crippen molar-refractivity contribution < 1.29 is 46.3 Å². The van der Waals surface area contributed by atoms with Crippen LogP contribution in [0.15, 0.2) is 30.9 Å². The number of benzene rings is 1. The Hall–Kier alpha value is -4.05. The molecule has 2 aliphatic carbocycles. The van der Waals surface area contributed by atoms with E-state index in [-0.39, 0.29) is 45.4 Å². The van der Waals surface area contributed by atoms with Crippen LogP contribution < -0.4 is 15.4 Å². The summed E-state index contributed by atoms with van der Waals surface area (Å²) in [7, 11) is -2.32. The lowest BCUT2D eigenvalue weighted by Gasteiger charge is -2.29. The molecule has 1 aromatic rings. The third-order valence-electron chi connectivity index (χ3n) is 9.18. The topological polar surface area (TPSA) is 181 Å². The molecule has 5 atom stereocenters. The van der Waals surface area contributed by atoms with E-state index in [1.54, 1.807) is 40.0 Å². The molecule has 3 N–H and O–H groups in total. The molecule has 4 aliphatic rings. The zero-order valence-electron chi connectivity index (χ0n) is 28.1. The molecule has 16 heteroatoms. The molecule has 2 heterocycles. The molecule has 14 nitrogen and oxygen atoms in total. The average Bonchev–Trinajstić information content (AvgIpc) is 3.90. The molecule has 4 amide bonds. The number of sulfonamides is 1. The summed E-state index contributed by atoms with van der Waals surface area (Å²) in [5, 5.41) is 4.91. The monoisotopic (exact) mass is 705 g/mol. The zero-order chi connectivity index (χ0) is 35.9. The SMILES string of the molecule is C=C[C@@H]1C[C@]1(NC(=O)[C@@H]1CC(OC(=O)N2Cc3cccc(F)c3C2)CN1C(=O)[C@H](CNC)CC(=O)OC(C)(C)C)C(=O)NS(=O)(=O)C1CC1. The number of fused-ring (bicyclic) bond motifs is 1. The number of nitrogens with zero attached hydrogens (tertiary/aromatic N) is 2. The van der Waals surface area contributed by atoms with Crippen molar-refractivity contribution in [2.45, 2.75) is 94.5 Å². The molecular weight excluding hydrogens is 661 g/mol. The summed E-state index contributed by atoms with van der Waals surface area (Å²) in [6, 6.07) is 3.33. The molecule has 1 unspecified atom stereocenters. The van der Waals surface area contributed by atoms with Crippen LogP contribution in [0.2, 0.25) is 0 Å². The predicted octanol–water partition coefficient (Wildman–Crippen LogP) is 1.48. The van der Waals surface area contributed by atoms with Crippen LogP contribution in [-0.2, 0) is 51.8 Å². The van der Waals surface area contributed by atoms with Gasteiger partial charge in [-0.2, -0.15) is 0 Å². The van der Waals surface area contributed by atoms with Gasteiger partial charge in [0, 0.05) is 31.0 Å². The highest BCUT2D eigenvalue weighted by atomic mass is 32.2. The lowest BCUT2D eigenvalue weighted by atomic mass is 10.0. The van der Waals surface area contributed by atoms with Crippen LogP contribution in [0.5, 0.6) is 0 Å². The van der Waals surface area contributed by atoms with E-state index in [0.29, 0.717) is 24.0 Å². The van der Waals surface area contributed by atoms with E-state index < -0.39 is 86.0 Å². The fourth-order valence-corrected chi connectivity index (χ4v) is 7.80. The third kappa shape index (κ3) is 8.06. The van der Waals surface area contributed by atoms with E-state index >= 15 is 0 Å². The summed E-state index contributed by atoms with van der Waals surface area (Å²) in [5.41, 5.74) is -1.38. The molecule has 3 fully saturated rings. The second-order valence-electron chi connectivity index (χ2n) is 14.2. The van der Waals surface area contributed by atoms with Crippen molar-refractivity contribution in [3.8, 4) is 0 Å². The van der Waals surface area contributed by atoms with Gasteiger partial charge in [-0.05, 0) is 58.7 Å². The minimum absolute atomic E-state index is 0.00934. The van der Waals surface area contributed by atoms with E-state index in [9.17, 15) is 36.8 Å². The molecule has 0 bridgehead atoms. The number of esters is 1. The maximum atomic E-state index is 14.3. The Morgan fingerprint density at radius 2 is 1.88 bits per heavy atom. The lowest BCUT2D eigenvalue weighted by Crippen LogP contribution is -2.57. The summed E-state index contributed by atoms with van der Waals surface area (Å²) in [5.74, 6) is -4.81. The smallest absolute Gasteiger partial charge is 0.410 e. The fraction of sp³-hybridized carbons (Fsp3) is 0.606. The lowest BCUT2D eigenvalue weighted by molar-refractivity contribution is -0.158. The largest absolute Gasteiger partial charge is 0.460 e. The molecule has 2 saturated carbocycles. The van der Waals surface area contributed by atoms with Crippen molar-refractivity contribution in [3.05, 3.63) is 47.8 Å². The van der Waals surface area contributed by atoms with Crippen LogP contribution in [0, 0.1) is 17.7 Å². The van der Waals surface area contributed by atoms with Gasteiger partial charge in [-0.15, -0.1) is 6.58 Å². The van der Waals surface area contributed by atoms with Crippen molar-refractivity contribution in [1.82, 2.24) is 25.2 Å². The number of hydrogen-bond acceptors (Lipinski definition) is 10. The van der Waals surface area contributed by atoms with Crippen molar-refractivity contribution in [2.75, 3.05) is 20.1 Å². The van der Waals surface area contributed by atoms with Crippen LogP contribution in [0.25, 0.3) is 0 Å². The van der Waals surface area contributed by atoms with Gasteiger partial charge in [0.15, 0.2) is 0 Å². The van der Waals surface area contributed by atoms with Crippen LogP contribution in [-0.4, -0.2) is 96.7 Å². The summed E-state index contributed by atoms with van der Waals surface area (Å²) in [6.45, 7) is 8.78. The van der Waals surface area contributed by atoms with Gasteiger partial charge in [-0.1, -0.05) is 18.2 Å². The third-order valence-corrected chi connectivity index (χ3v) is 11.0. The first-order chi connectivity index (χ1) is 23.0. The number of hydrogen-bond donors (Lipinski definition) is 3. The number of carbonyl (C=O) groups excluding carboxylic acids is 5.